The van der Waals surface area contributed by atoms with Crippen molar-refractivity contribution in [2.24, 2.45) is 0 Å². The molecule has 148 valence electrons. The molecule has 2 heterocycles. The summed E-state index contributed by atoms with van der Waals surface area (Å²) in [6.45, 7) is 2.63. The van der Waals surface area contributed by atoms with Gasteiger partial charge in [-0.3, -0.25) is 14.5 Å². The van der Waals surface area contributed by atoms with E-state index in [1.165, 1.54) is 5.56 Å². The zero-order chi connectivity index (χ0) is 19.5. The zero-order valence-electron chi connectivity index (χ0n) is 16.0. The van der Waals surface area contributed by atoms with Crippen molar-refractivity contribution in [1.29, 1.82) is 0 Å². The first kappa shape index (κ1) is 19.2. The number of aromatic nitrogens is 1. The van der Waals surface area contributed by atoms with Crippen LogP contribution in [-0.4, -0.2) is 34.9 Å². The number of likely N-dealkylation sites (tertiary alicyclic amines) is 1. The minimum absolute atomic E-state index is 0.0592. The van der Waals surface area contributed by atoms with Crippen LogP contribution < -0.4 is 10.9 Å². The number of H-pyrrole nitrogens is 1. The fraction of sp³-hybridized carbons (Fsp3) is 0.455. The lowest BCUT2D eigenvalue weighted by Crippen LogP contribution is -2.48. The number of pyridine rings is 1. The number of aryl methyl sites for hydroxylation is 2. The van der Waals surface area contributed by atoms with Gasteiger partial charge >= 0.3 is 0 Å². The molecule has 1 fully saturated rings. The predicted octanol–water partition coefficient (Wildman–Crippen LogP) is 3.30. The second-order valence-electron chi connectivity index (χ2n) is 7.90. The maximum Gasteiger partial charge on any atom is 0.261 e. The van der Waals surface area contributed by atoms with E-state index in [-0.39, 0.29) is 23.1 Å². The van der Waals surface area contributed by atoms with Crippen molar-refractivity contribution in [1.82, 2.24) is 15.2 Å². The number of hydrogen-bond acceptors (Lipinski definition) is 3. The van der Waals surface area contributed by atoms with Crippen LogP contribution in [0.1, 0.15) is 52.9 Å². The third-order valence-corrected chi connectivity index (χ3v) is 5.99. The Morgan fingerprint density at radius 3 is 2.79 bits per heavy atom. The molecule has 2 N–H and O–H groups in total. The number of benzene rings is 1. The Hall–Kier alpha value is -2.11. The summed E-state index contributed by atoms with van der Waals surface area (Å²) in [6.07, 6.45) is 6.01. The molecule has 1 amide bonds. The van der Waals surface area contributed by atoms with Gasteiger partial charge in [-0.1, -0.05) is 23.7 Å². The number of fused-ring (bicyclic) bond motifs is 1. The third-order valence-electron chi connectivity index (χ3n) is 5.74. The smallest absolute Gasteiger partial charge is 0.261 e. The first-order valence-corrected chi connectivity index (χ1v) is 10.5. The van der Waals surface area contributed by atoms with Crippen LogP contribution in [0.4, 0.5) is 0 Å². The Morgan fingerprint density at radius 2 is 1.96 bits per heavy atom. The normalized spacial score (nSPS) is 19.8. The van der Waals surface area contributed by atoms with Crippen LogP contribution in [-0.2, 0) is 19.4 Å². The summed E-state index contributed by atoms with van der Waals surface area (Å²) in [4.78, 5) is 30.4. The van der Waals surface area contributed by atoms with Gasteiger partial charge in [0.15, 0.2) is 0 Å². The molecule has 1 aliphatic heterocycles. The summed E-state index contributed by atoms with van der Waals surface area (Å²) < 4.78 is 0. The molecule has 2 aromatic rings. The summed E-state index contributed by atoms with van der Waals surface area (Å²) in [5.74, 6) is -0.257. The first-order valence-electron chi connectivity index (χ1n) is 10.1. The summed E-state index contributed by atoms with van der Waals surface area (Å²) in [5.41, 5.74) is 3.30. The van der Waals surface area contributed by atoms with Crippen LogP contribution in [0.3, 0.4) is 0 Å². The van der Waals surface area contributed by atoms with Crippen LogP contribution in [0.5, 0.6) is 0 Å². The fourth-order valence-electron chi connectivity index (χ4n) is 4.27. The second-order valence-corrected chi connectivity index (χ2v) is 8.33. The zero-order valence-corrected chi connectivity index (χ0v) is 16.7. The van der Waals surface area contributed by atoms with Crippen molar-refractivity contribution in [3.05, 3.63) is 68.1 Å². The lowest BCUT2D eigenvalue weighted by Gasteiger charge is -2.33. The van der Waals surface area contributed by atoms with Crippen molar-refractivity contribution < 1.29 is 4.79 Å². The number of halogens is 1. The van der Waals surface area contributed by atoms with Crippen molar-refractivity contribution >= 4 is 17.5 Å². The van der Waals surface area contributed by atoms with Gasteiger partial charge < -0.3 is 10.3 Å². The SMILES string of the molecule is O=C(N[C@H]1CCCN(Cc2ccc(Cl)cc2)C1)c1cc2c([nH]c1=O)CCCC2. The van der Waals surface area contributed by atoms with Crippen LogP contribution in [0.2, 0.25) is 5.02 Å². The van der Waals surface area contributed by atoms with E-state index < -0.39 is 0 Å². The van der Waals surface area contributed by atoms with E-state index >= 15 is 0 Å². The van der Waals surface area contributed by atoms with Crippen molar-refractivity contribution in [3.63, 3.8) is 0 Å². The number of aromatic amines is 1. The van der Waals surface area contributed by atoms with Crippen molar-refractivity contribution in [2.45, 2.75) is 51.1 Å². The molecular weight excluding hydrogens is 374 g/mol. The molecule has 4 rings (SSSR count). The quantitative estimate of drug-likeness (QED) is 0.829. The number of amides is 1. The molecule has 1 saturated heterocycles. The van der Waals surface area contributed by atoms with Gasteiger partial charge in [0.05, 0.1) is 0 Å². The Morgan fingerprint density at radius 1 is 1.18 bits per heavy atom. The van der Waals surface area contributed by atoms with Gasteiger partial charge in [-0.25, -0.2) is 0 Å². The van der Waals surface area contributed by atoms with Crippen LogP contribution in [0.15, 0.2) is 35.1 Å². The van der Waals surface area contributed by atoms with Crippen molar-refractivity contribution in [2.75, 3.05) is 13.1 Å². The highest BCUT2D eigenvalue weighted by atomic mass is 35.5. The molecule has 1 aromatic carbocycles. The highest BCUT2D eigenvalue weighted by Gasteiger charge is 2.24. The van der Waals surface area contributed by atoms with E-state index in [0.717, 1.165) is 74.4 Å². The topological polar surface area (TPSA) is 65.2 Å². The Balaban J connectivity index is 1.40. The molecule has 0 saturated carbocycles. The van der Waals surface area contributed by atoms with Crippen LogP contribution in [0.25, 0.3) is 0 Å². The predicted molar refractivity (Wildman–Crippen MR) is 111 cm³/mol. The Kier molecular flexibility index (Phi) is 5.83. The van der Waals surface area contributed by atoms with Gasteiger partial charge in [-0.05, 0) is 74.4 Å². The van der Waals surface area contributed by atoms with Crippen LogP contribution in [0, 0.1) is 0 Å². The first-order chi connectivity index (χ1) is 13.6. The average molecular weight is 400 g/mol. The summed E-state index contributed by atoms with van der Waals surface area (Å²) in [7, 11) is 0. The molecular formula is C22H26ClN3O2. The molecule has 0 radical (unpaired) electrons. The van der Waals surface area contributed by atoms with Crippen LogP contribution >= 0.6 is 11.6 Å². The Bertz CT molecular complexity index is 907. The molecule has 0 bridgehead atoms. The number of nitrogens with one attached hydrogen (secondary N) is 2. The van der Waals surface area contributed by atoms with Gasteiger partial charge in [-0.15, -0.1) is 0 Å². The van der Waals surface area contributed by atoms with E-state index in [0.29, 0.717) is 0 Å². The largest absolute Gasteiger partial charge is 0.348 e. The van der Waals surface area contributed by atoms with Gasteiger partial charge in [0.25, 0.3) is 11.5 Å². The summed E-state index contributed by atoms with van der Waals surface area (Å²) in [5, 5.41) is 3.82. The number of hydrogen-bond donors (Lipinski definition) is 2. The van der Waals surface area contributed by atoms with Crippen molar-refractivity contribution in [3.8, 4) is 0 Å². The van der Waals surface area contributed by atoms with Gasteiger partial charge in [0.2, 0.25) is 0 Å². The number of carbonyl (C=O) groups excluding carboxylic acids is 1. The number of carbonyl (C=O) groups is 1. The molecule has 1 aliphatic carbocycles. The monoisotopic (exact) mass is 399 g/mol. The van der Waals surface area contributed by atoms with E-state index in [2.05, 4.69) is 15.2 Å². The molecule has 28 heavy (non-hydrogen) atoms. The van der Waals surface area contributed by atoms with E-state index in [9.17, 15) is 9.59 Å². The third kappa shape index (κ3) is 4.47. The highest BCUT2D eigenvalue weighted by Crippen LogP contribution is 2.19. The molecule has 1 atom stereocenters. The maximum atomic E-state index is 12.8. The van der Waals surface area contributed by atoms with Gasteiger partial charge in [-0.2, -0.15) is 0 Å². The number of piperidine rings is 1. The summed E-state index contributed by atoms with van der Waals surface area (Å²) >= 11 is 5.96. The minimum Gasteiger partial charge on any atom is -0.348 e. The van der Waals surface area contributed by atoms with E-state index in [1.807, 2.05) is 24.3 Å². The molecule has 1 aromatic heterocycles. The molecule has 0 unspecified atom stereocenters. The maximum absolute atomic E-state index is 12.8. The van der Waals surface area contributed by atoms with E-state index in [4.69, 9.17) is 11.6 Å². The average Bonchev–Trinajstić information content (AvgIpc) is 2.69. The minimum atomic E-state index is -0.271. The number of rotatable bonds is 4. The fourth-order valence-corrected chi connectivity index (χ4v) is 4.40. The standard InChI is InChI=1S/C22H26ClN3O2/c23-17-9-7-15(8-10-17)13-26-11-3-5-18(14-26)24-21(27)19-12-16-4-1-2-6-20(16)25-22(19)28/h7-10,12,18H,1-6,11,13-14H2,(H,24,27)(H,25,28)/t18-/m0/s1. The summed E-state index contributed by atoms with van der Waals surface area (Å²) in [6, 6.07) is 9.75. The molecule has 5 nitrogen and oxygen atoms in total. The lowest BCUT2D eigenvalue weighted by molar-refractivity contribution is 0.0899. The molecule has 6 heteroatoms. The van der Waals surface area contributed by atoms with Gasteiger partial charge in [0, 0.05) is 29.8 Å². The second kappa shape index (κ2) is 8.50. The lowest BCUT2D eigenvalue weighted by atomic mass is 9.95. The Labute approximate surface area is 170 Å². The molecule has 2 aliphatic rings. The van der Waals surface area contributed by atoms with Gasteiger partial charge in [0.1, 0.15) is 5.56 Å². The van der Waals surface area contributed by atoms with E-state index in [1.54, 1.807) is 6.07 Å². The highest BCUT2D eigenvalue weighted by molar-refractivity contribution is 6.30. The molecule has 0 spiro atoms. The number of nitrogens with zero attached hydrogens (tertiary/aromatic N) is 1.